The number of hydrogen-bond acceptors (Lipinski definition) is 1. The lowest BCUT2D eigenvalue weighted by atomic mass is 9.97. The van der Waals surface area contributed by atoms with Crippen LogP contribution in [0, 0.1) is 0 Å². The van der Waals surface area contributed by atoms with Crippen molar-refractivity contribution < 1.29 is 4.79 Å². The number of benzene rings is 1. The van der Waals surface area contributed by atoms with Crippen molar-refractivity contribution in [3.05, 3.63) is 29.3 Å². The van der Waals surface area contributed by atoms with E-state index < -0.39 is 0 Å². The zero-order chi connectivity index (χ0) is 15.4. The quantitative estimate of drug-likeness (QED) is 0.733. The molecule has 0 bridgehead atoms. The normalized spacial score (nSPS) is 18.4. The van der Waals surface area contributed by atoms with Crippen molar-refractivity contribution in [3.8, 4) is 0 Å². The SMILES string of the molecule is CCCCCCc1cc(N2CCCNC2=O)ccc1C1CC1. The summed E-state index contributed by atoms with van der Waals surface area (Å²) < 4.78 is 0. The van der Waals surface area contributed by atoms with Crippen molar-refractivity contribution in [1.29, 1.82) is 0 Å². The fraction of sp³-hybridized carbons (Fsp3) is 0.632. The second kappa shape index (κ2) is 7.17. The van der Waals surface area contributed by atoms with Gasteiger partial charge in [-0.15, -0.1) is 0 Å². The van der Waals surface area contributed by atoms with E-state index in [9.17, 15) is 4.79 Å². The molecule has 120 valence electrons. The fourth-order valence-electron chi connectivity index (χ4n) is 3.39. The zero-order valence-corrected chi connectivity index (χ0v) is 13.7. The van der Waals surface area contributed by atoms with Gasteiger partial charge in [0.25, 0.3) is 0 Å². The lowest BCUT2D eigenvalue weighted by Gasteiger charge is -2.28. The smallest absolute Gasteiger partial charge is 0.321 e. The van der Waals surface area contributed by atoms with Crippen LogP contribution in [0.25, 0.3) is 0 Å². The van der Waals surface area contributed by atoms with Crippen LogP contribution in [-0.2, 0) is 6.42 Å². The van der Waals surface area contributed by atoms with Crippen LogP contribution in [-0.4, -0.2) is 19.1 Å². The Labute approximate surface area is 134 Å². The van der Waals surface area contributed by atoms with Crippen LogP contribution in [0.3, 0.4) is 0 Å². The van der Waals surface area contributed by atoms with Gasteiger partial charge in [-0.3, -0.25) is 4.90 Å². The van der Waals surface area contributed by atoms with E-state index in [1.165, 1.54) is 49.7 Å². The maximum Gasteiger partial charge on any atom is 0.321 e. The van der Waals surface area contributed by atoms with E-state index in [-0.39, 0.29) is 6.03 Å². The molecule has 3 nitrogen and oxygen atoms in total. The lowest BCUT2D eigenvalue weighted by molar-refractivity contribution is 0.243. The Balaban J connectivity index is 1.75. The van der Waals surface area contributed by atoms with Gasteiger partial charge in [0, 0.05) is 18.8 Å². The molecule has 0 aromatic heterocycles. The summed E-state index contributed by atoms with van der Waals surface area (Å²) in [5.74, 6) is 0.783. The first-order valence-electron chi connectivity index (χ1n) is 8.97. The second-order valence-electron chi connectivity index (χ2n) is 6.71. The lowest BCUT2D eigenvalue weighted by Crippen LogP contribution is -2.46. The molecule has 1 saturated heterocycles. The number of hydrogen-bond donors (Lipinski definition) is 1. The molecule has 2 aliphatic rings. The maximum absolute atomic E-state index is 12.1. The summed E-state index contributed by atoms with van der Waals surface area (Å²) in [5.41, 5.74) is 4.10. The van der Waals surface area contributed by atoms with Crippen molar-refractivity contribution in [1.82, 2.24) is 5.32 Å². The van der Waals surface area contributed by atoms with Crippen molar-refractivity contribution in [2.24, 2.45) is 0 Å². The summed E-state index contributed by atoms with van der Waals surface area (Å²) in [6.07, 6.45) is 10.1. The summed E-state index contributed by atoms with van der Waals surface area (Å²) in [4.78, 5) is 13.9. The van der Waals surface area contributed by atoms with Crippen LogP contribution in [0.5, 0.6) is 0 Å². The maximum atomic E-state index is 12.1. The van der Waals surface area contributed by atoms with Crippen LogP contribution in [0.2, 0.25) is 0 Å². The second-order valence-corrected chi connectivity index (χ2v) is 6.71. The number of rotatable bonds is 7. The molecule has 3 heteroatoms. The minimum absolute atomic E-state index is 0.0577. The first-order chi connectivity index (χ1) is 10.8. The molecule has 1 aliphatic heterocycles. The fourth-order valence-corrected chi connectivity index (χ4v) is 3.39. The van der Waals surface area contributed by atoms with Gasteiger partial charge in [-0.2, -0.15) is 0 Å². The highest BCUT2D eigenvalue weighted by atomic mass is 16.2. The Hall–Kier alpha value is -1.51. The van der Waals surface area contributed by atoms with E-state index in [0.29, 0.717) is 0 Å². The third-order valence-corrected chi connectivity index (χ3v) is 4.83. The van der Waals surface area contributed by atoms with E-state index in [1.807, 2.05) is 4.90 Å². The summed E-state index contributed by atoms with van der Waals surface area (Å²) >= 11 is 0. The molecular formula is C19H28N2O. The van der Waals surface area contributed by atoms with Crippen LogP contribution in [0.4, 0.5) is 10.5 Å². The Morgan fingerprint density at radius 3 is 2.82 bits per heavy atom. The van der Waals surface area contributed by atoms with Crippen molar-refractivity contribution in [2.75, 3.05) is 18.0 Å². The Morgan fingerprint density at radius 1 is 1.23 bits per heavy atom. The van der Waals surface area contributed by atoms with E-state index >= 15 is 0 Å². The molecular weight excluding hydrogens is 272 g/mol. The molecule has 0 unspecified atom stereocenters. The van der Waals surface area contributed by atoms with Crippen molar-refractivity contribution in [3.63, 3.8) is 0 Å². The predicted molar refractivity (Wildman–Crippen MR) is 91.6 cm³/mol. The molecule has 22 heavy (non-hydrogen) atoms. The molecule has 1 heterocycles. The molecule has 0 atom stereocenters. The molecule has 1 aromatic rings. The number of carbonyl (C=O) groups is 1. The topological polar surface area (TPSA) is 32.3 Å². The standard InChI is InChI=1S/C19H28N2O/c1-2-3-4-5-7-16-14-17(10-11-18(16)15-8-9-15)21-13-6-12-20-19(21)22/h10-11,14-15H,2-9,12-13H2,1H3,(H,20,22). The number of urea groups is 1. The number of amides is 2. The molecule has 1 aliphatic carbocycles. The van der Waals surface area contributed by atoms with Gasteiger partial charge in [-0.05, 0) is 61.3 Å². The molecule has 1 aromatic carbocycles. The molecule has 1 saturated carbocycles. The molecule has 0 radical (unpaired) electrons. The van der Waals surface area contributed by atoms with E-state index in [2.05, 4.69) is 30.4 Å². The first-order valence-corrected chi connectivity index (χ1v) is 8.97. The minimum Gasteiger partial charge on any atom is -0.338 e. The van der Waals surface area contributed by atoms with Gasteiger partial charge < -0.3 is 5.32 Å². The summed E-state index contributed by atoms with van der Waals surface area (Å²) in [5, 5.41) is 2.95. The van der Waals surface area contributed by atoms with Crippen LogP contribution in [0.1, 0.15) is 68.9 Å². The average molecular weight is 300 g/mol. The van der Waals surface area contributed by atoms with Gasteiger partial charge in [0.05, 0.1) is 0 Å². The van der Waals surface area contributed by atoms with Gasteiger partial charge >= 0.3 is 6.03 Å². The van der Waals surface area contributed by atoms with E-state index in [0.717, 1.165) is 37.5 Å². The third-order valence-electron chi connectivity index (χ3n) is 4.83. The first kappa shape index (κ1) is 15.4. The van der Waals surface area contributed by atoms with Gasteiger partial charge in [0.1, 0.15) is 0 Å². The molecule has 0 spiro atoms. The number of aryl methyl sites for hydroxylation is 1. The Morgan fingerprint density at radius 2 is 2.09 bits per heavy atom. The van der Waals surface area contributed by atoms with Crippen LogP contribution >= 0.6 is 0 Å². The van der Waals surface area contributed by atoms with Gasteiger partial charge in [-0.1, -0.05) is 32.3 Å². The largest absolute Gasteiger partial charge is 0.338 e. The summed E-state index contributed by atoms with van der Waals surface area (Å²) in [6.45, 7) is 3.90. The third kappa shape index (κ3) is 3.63. The van der Waals surface area contributed by atoms with Gasteiger partial charge in [-0.25, -0.2) is 4.79 Å². The number of anilines is 1. The van der Waals surface area contributed by atoms with Crippen LogP contribution in [0.15, 0.2) is 18.2 Å². The minimum atomic E-state index is 0.0577. The highest BCUT2D eigenvalue weighted by Gasteiger charge is 2.27. The number of carbonyl (C=O) groups excluding carboxylic acids is 1. The van der Waals surface area contributed by atoms with Crippen molar-refractivity contribution in [2.45, 2.75) is 64.2 Å². The Bertz CT molecular complexity index is 522. The highest BCUT2D eigenvalue weighted by molar-refractivity contribution is 5.92. The monoisotopic (exact) mass is 300 g/mol. The summed E-state index contributed by atoms with van der Waals surface area (Å²) in [7, 11) is 0. The average Bonchev–Trinajstić information content (AvgIpc) is 3.37. The number of unbranched alkanes of at least 4 members (excludes halogenated alkanes) is 3. The molecule has 2 amide bonds. The highest BCUT2D eigenvalue weighted by Crippen LogP contribution is 2.43. The summed E-state index contributed by atoms with van der Waals surface area (Å²) in [6, 6.07) is 6.77. The molecule has 2 fully saturated rings. The number of nitrogens with one attached hydrogen (secondary N) is 1. The molecule has 3 rings (SSSR count). The Kier molecular flexibility index (Phi) is 5.01. The van der Waals surface area contributed by atoms with Gasteiger partial charge in [0.15, 0.2) is 0 Å². The van der Waals surface area contributed by atoms with E-state index in [4.69, 9.17) is 0 Å². The molecule has 1 N–H and O–H groups in total. The van der Waals surface area contributed by atoms with Gasteiger partial charge in [0.2, 0.25) is 0 Å². The van der Waals surface area contributed by atoms with Crippen molar-refractivity contribution >= 4 is 11.7 Å². The zero-order valence-electron chi connectivity index (χ0n) is 13.7. The van der Waals surface area contributed by atoms with Crippen LogP contribution < -0.4 is 10.2 Å². The van der Waals surface area contributed by atoms with E-state index in [1.54, 1.807) is 0 Å². The number of nitrogens with zero attached hydrogens (tertiary/aromatic N) is 1. The predicted octanol–water partition coefficient (Wildman–Crippen LogP) is 4.61.